The number of carbonyl (C=O) groups excluding carboxylic acids is 4. The molecule has 35 heavy (non-hydrogen) atoms. The Morgan fingerprint density at radius 2 is 0.914 bits per heavy atom. The fourth-order valence-corrected chi connectivity index (χ4v) is 2.37. The maximum absolute atomic E-state index is 12.9. The zero-order valence-electron chi connectivity index (χ0n) is 25.7. The van der Waals surface area contributed by atoms with E-state index in [4.69, 9.17) is 21.7 Å². The summed E-state index contributed by atoms with van der Waals surface area (Å²) in [6.07, 6.45) is -6.92. The molecule has 0 spiro atoms. The van der Waals surface area contributed by atoms with E-state index in [1.165, 1.54) is 6.92 Å². The Morgan fingerprint density at radius 3 is 1.20 bits per heavy atom. The van der Waals surface area contributed by atoms with Gasteiger partial charge in [-0.15, -0.1) is 0 Å². The number of hydrogen-bond donors (Lipinski definition) is 0. The van der Waals surface area contributed by atoms with E-state index in [0.29, 0.717) is 9.80 Å². The summed E-state index contributed by atoms with van der Waals surface area (Å²) >= 11 is 0. The summed E-state index contributed by atoms with van der Waals surface area (Å²) in [6.45, 7) is 20.1. The minimum atomic E-state index is -2.27. The third-order valence-electron chi connectivity index (χ3n) is 3.56. The van der Waals surface area contributed by atoms with Crippen LogP contribution in [0.2, 0.25) is 0 Å². The normalized spacial score (nSPS) is 14.7. The van der Waals surface area contributed by atoms with Crippen molar-refractivity contribution in [2.24, 2.45) is 0 Å². The maximum atomic E-state index is 12.9. The van der Waals surface area contributed by atoms with E-state index in [1.54, 1.807) is 83.1 Å². The molecule has 0 aliphatic rings. The van der Waals surface area contributed by atoms with Crippen LogP contribution in [0.4, 0.5) is 19.2 Å². The molecule has 0 unspecified atom stereocenters. The molecular formula is C25H46N2O8. The minimum absolute atomic E-state index is 0.451. The van der Waals surface area contributed by atoms with Crippen LogP contribution in [0.15, 0.2) is 0 Å². The molecule has 0 N–H and O–H groups in total. The van der Waals surface area contributed by atoms with E-state index < -0.39 is 72.2 Å². The highest BCUT2D eigenvalue weighted by atomic mass is 16.6. The number of nitrogens with zero attached hydrogens (tertiary/aromatic N) is 2. The van der Waals surface area contributed by atoms with Crippen LogP contribution in [0.25, 0.3) is 0 Å². The summed E-state index contributed by atoms with van der Waals surface area (Å²) in [5, 5.41) is 0. The van der Waals surface area contributed by atoms with Gasteiger partial charge in [0.2, 0.25) is 0 Å². The lowest BCUT2D eigenvalue weighted by Crippen LogP contribution is -2.48. The van der Waals surface area contributed by atoms with Gasteiger partial charge in [0.15, 0.2) is 0 Å². The molecule has 0 bridgehead atoms. The Balaban J connectivity index is 6.06. The topological polar surface area (TPSA) is 112 Å². The molecule has 0 saturated heterocycles. The molecule has 1 atom stereocenters. The standard InChI is InChI=1S/C25H46N2O8/c1-17(27(20(30)34-24(8,9)10)21(31)35-25(11,12)13)15-14-16-26(18(28)32-22(2,3)4)19(29)33-23(5,6)7/h17H,14-16H2,1-13H3/t17-/m1/s1/i14D2. The van der Waals surface area contributed by atoms with Crippen LogP contribution in [0.1, 0.15) is 106 Å². The van der Waals surface area contributed by atoms with Crippen molar-refractivity contribution in [3.05, 3.63) is 0 Å². The molecule has 0 aliphatic heterocycles. The largest absolute Gasteiger partial charge is 0.443 e. The Labute approximate surface area is 213 Å². The summed E-state index contributed by atoms with van der Waals surface area (Å²) in [4.78, 5) is 52.6. The maximum Gasteiger partial charge on any atom is 0.420 e. The van der Waals surface area contributed by atoms with Crippen LogP contribution in [0.5, 0.6) is 0 Å². The van der Waals surface area contributed by atoms with Crippen molar-refractivity contribution in [2.75, 3.05) is 6.54 Å². The smallest absolute Gasteiger partial charge is 0.420 e. The fraction of sp³-hybridized carbons (Fsp3) is 0.840. The average Bonchev–Trinajstić information content (AvgIpc) is 2.52. The molecule has 10 nitrogen and oxygen atoms in total. The number of rotatable bonds is 5. The molecule has 10 heteroatoms. The fourth-order valence-electron chi connectivity index (χ4n) is 2.37. The zero-order valence-corrected chi connectivity index (χ0v) is 23.7. The van der Waals surface area contributed by atoms with Gasteiger partial charge in [-0.25, -0.2) is 29.0 Å². The van der Waals surface area contributed by atoms with E-state index in [1.807, 2.05) is 0 Å². The van der Waals surface area contributed by atoms with Crippen LogP contribution in [-0.2, 0) is 18.9 Å². The molecule has 0 fully saturated rings. The summed E-state index contributed by atoms with van der Waals surface area (Å²) in [5.74, 6) is 0. The van der Waals surface area contributed by atoms with Crippen molar-refractivity contribution in [1.82, 2.24) is 9.80 Å². The lowest BCUT2D eigenvalue weighted by molar-refractivity contribution is -0.00952. The van der Waals surface area contributed by atoms with Crippen LogP contribution in [-0.4, -0.2) is 69.2 Å². The monoisotopic (exact) mass is 504 g/mol. The minimum Gasteiger partial charge on any atom is -0.443 e. The predicted octanol–water partition coefficient (Wildman–Crippen LogP) is 6.50. The molecule has 4 amide bonds. The van der Waals surface area contributed by atoms with Crippen LogP contribution < -0.4 is 0 Å². The quantitative estimate of drug-likeness (QED) is 0.390. The molecule has 0 aromatic rings. The van der Waals surface area contributed by atoms with Crippen molar-refractivity contribution in [3.63, 3.8) is 0 Å². The highest BCUT2D eigenvalue weighted by Gasteiger charge is 2.36. The Morgan fingerprint density at radius 1 is 0.629 bits per heavy atom. The summed E-state index contributed by atoms with van der Waals surface area (Å²) in [5.41, 5.74) is -3.77. The predicted molar refractivity (Wildman–Crippen MR) is 132 cm³/mol. The molecule has 0 saturated carbocycles. The van der Waals surface area contributed by atoms with Crippen LogP contribution in [0, 0.1) is 0 Å². The van der Waals surface area contributed by atoms with Gasteiger partial charge in [-0.05, 0) is 103 Å². The van der Waals surface area contributed by atoms with Crippen molar-refractivity contribution in [1.29, 1.82) is 0 Å². The second-order valence-electron chi connectivity index (χ2n) is 12.2. The van der Waals surface area contributed by atoms with E-state index in [-0.39, 0.29) is 0 Å². The second kappa shape index (κ2) is 11.9. The average molecular weight is 505 g/mol. The van der Waals surface area contributed by atoms with Gasteiger partial charge in [0.05, 0.1) is 0 Å². The molecule has 0 heterocycles. The Kier molecular flexibility index (Phi) is 9.80. The third kappa shape index (κ3) is 14.5. The van der Waals surface area contributed by atoms with Gasteiger partial charge in [-0.2, -0.15) is 0 Å². The first kappa shape index (κ1) is 28.7. The molecule has 0 aromatic heterocycles. The van der Waals surface area contributed by atoms with Gasteiger partial charge < -0.3 is 18.9 Å². The van der Waals surface area contributed by atoms with Crippen LogP contribution in [0.3, 0.4) is 0 Å². The lowest BCUT2D eigenvalue weighted by Gasteiger charge is -2.32. The highest BCUT2D eigenvalue weighted by Crippen LogP contribution is 2.20. The highest BCUT2D eigenvalue weighted by molar-refractivity contribution is 5.89. The number of hydrogen-bond acceptors (Lipinski definition) is 8. The van der Waals surface area contributed by atoms with E-state index in [0.717, 1.165) is 0 Å². The van der Waals surface area contributed by atoms with Crippen molar-refractivity contribution in [3.8, 4) is 0 Å². The third-order valence-corrected chi connectivity index (χ3v) is 3.56. The SMILES string of the molecule is [2H]C([2H])(C[C@@H](C)N(C(=O)OC(C)(C)C)C(=O)OC(C)(C)C)CN(C(=O)OC(C)(C)C)C(=O)OC(C)(C)C. The van der Waals surface area contributed by atoms with Crippen molar-refractivity contribution < 1.29 is 40.9 Å². The summed E-state index contributed by atoms with van der Waals surface area (Å²) < 4.78 is 38.3. The van der Waals surface area contributed by atoms with E-state index >= 15 is 0 Å². The van der Waals surface area contributed by atoms with Crippen molar-refractivity contribution >= 4 is 24.4 Å². The zero-order chi connectivity index (χ0) is 29.8. The molecule has 204 valence electrons. The Hall–Kier alpha value is -2.52. The molecule has 0 radical (unpaired) electrons. The first-order valence-corrected chi connectivity index (χ1v) is 11.6. The van der Waals surface area contributed by atoms with E-state index in [2.05, 4.69) is 0 Å². The van der Waals surface area contributed by atoms with Gasteiger partial charge in [-0.3, -0.25) is 0 Å². The lowest BCUT2D eigenvalue weighted by atomic mass is 10.1. The van der Waals surface area contributed by atoms with E-state index in [9.17, 15) is 19.2 Å². The van der Waals surface area contributed by atoms with Gasteiger partial charge in [-0.1, -0.05) is 0 Å². The van der Waals surface area contributed by atoms with Crippen molar-refractivity contribution in [2.45, 2.75) is 131 Å². The number of amides is 4. The number of carbonyl (C=O) groups is 4. The van der Waals surface area contributed by atoms with Gasteiger partial charge in [0.25, 0.3) is 0 Å². The number of ether oxygens (including phenoxy) is 4. The summed E-state index contributed by atoms with van der Waals surface area (Å²) in [7, 11) is 0. The first-order valence-electron chi connectivity index (χ1n) is 12.6. The molecule has 0 aromatic carbocycles. The molecular weight excluding hydrogens is 456 g/mol. The Bertz CT molecular complexity index is 778. The van der Waals surface area contributed by atoms with Gasteiger partial charge >= 0.3 is 24.4 Å². The van der Waals surface area contributed by atoms with Gasteiger partial charge in [0, 0.05) is 15.3 Å². The first-order chi connectivity index (χ1) is 16.1. The van der Waals surface area contributed by atoms with Gasteiger partial charge in [0.1, 0.15) is 22.4 Å². The molecule has 0 aliphatic carbocycles. The van der Waals surface area contributed by atoms with Crippen LogP contribution >= 0.6 is 0 Å². The molecule has 0 rings (SSSR count). The summed E-state index contributed by atoms with van der Waals surface area (Å²) in [6, 6.07) is -1.07. The second-order valence-corrected chi connectivity index (χ2v) is 12.2. The number of imide groups is 2.